The van der Waals surface area contributed by atoms with Gasteiger partial charge in [0.2, 0.25) is 0 Å². The minimum absolute atomic E-state index is 1.02. The maximum Gasteiger partial charge on any atom is 0.135 e. The van der Waals surface area contributed by atoms with Gasteiger partial charge in [-0.15, -0.1) is 0 Å². The van der Waals surface area contributed by atoms with E-state index in [1.54, 1.807) is 6.08 Å². The topological polar surface area (TPSA) is 78.1 Å². The van der Waals surface area contributed by atoms with E-state index >= 15 is 0 Å². The average molecular weight is 185 g/mol. The predicted molar refractivity (Wildman–Crippen MR) is 57.8 cm³/mol. The summed E-state index contributed by atoms with van der Waals surface area (Å²) in [6, 6.07) is 0. The molecule has 0 aromatic rings. The van der Waals surface area contributed by atoms with Crippen LogP contribution in [0.1, 0.15) is 45.4 Å². The molecule has 0 spiro atoms. The molecule has 0 aromatic heterocycles. The third-order valence-electron chi connectivity index (χ3n) is 1.88. The lowest BCUT2D eigenvalue weighted by Gasteiger charge is -2.11. The monoisotopic (exact) mass is 185 g/mol. The van der Waals surface area contributed by atoms with Gasteiger partial charge in [-0.2, -0.15) is 0 Å². The van der Waals surface area contributed by atoms with Gasteiger partial charge >= 0.3 is 0 Å². The molecule has 13 heavy (non-hydrogen) atoms. The van der Waals surface area contributed by atoms with E-state index in [9.17, 15) is 0 Å². The van der Waals surface area contributed by atoms with Crippen molar-refractivity contribution in [2.45, 2.75) is 51.2 Å². The van der Waals surface area contributed by atoms with E-state index in [4.69, 9.17) is 17.2 Å². The van der Waals surface area contributed by atoms with Gasteiger partial charge in [-0.25, -0.2) is 0 Å². The Morgan fingerprint density at radius 3 is 2.15 bits per heavy atom. The highest BCUT2D eigenvalue weighted by atomic mass is 15.1. The predicted octanol–water partition coefficient (Wildman–Crippen LogP) is 1.43. The Morgan fingerprint density at radius 1 is 1.00 bits per heavy atom. The molecule has 78 valence electrons. The lowest BCUT2D eigenvalue weighted by Crippen LogP contribution is -2.56. The van der Waals surface area contributed by atoms with Crippen LogP contribution in [-0.4, -0.2) is 5.79 Å². The summed E-state index contributed by atoms with van der Waals surface area (Å²) >= 11 is 0. The van der Waals surface area contributed by atoms with Crippen molar-refractivity contribution in [3.63, 3.8) is 0 Å². The van der Waals surface area contributed by atoms with Crippen LogP contribution in [0.25, 0.3) is 0 Å². The highest BCUT2D eigenvalue weighted by Gasteiger charge is 2.03. The summed E-state index contributed by atoms with van der Waals surface area (Å²) in [6.45, 7) is 2.21. The van der Waals surface area contributed by atoms with Gasteiger partial charge in [0, 0.05) is 0 Å². The Bertz CT molecular complexity index is 136. The second-order valence-corrected chi connectivity index (χ2v) is 3.61. The van der Waals surface area contributed by atoms with Crippen molar-refractivity contribution in [2.24, 2.45) is 17.2 Å². The van der Waals surface area contributed by atoms with Crippen LogP contribution >= 0.6 is 0 Å². The van der Waals surface area contributed by atoms with Crippen molar-refractivity contribution in [1.29, 1.82) is 0 Å². The van der Waals surface area contributed by atoms with Crippen LogP contribution in [-0.2, 0) is 0 Å². The zero-order chi connectivity index (χ0) is 10.2. The summed E-state index contributed by atoms with van der Waals surface area (Å²) in [5.41, 5.74) is 16.1. The van der Waals surface area contributed by atoms with Crippen molar-refractivity contribution in [3.8, 4) is 0 Å². The van der Waals surface area contributed by atoms with Crippen LogP contribution < -0.4 is 17.2 Å². The molecule has 0 aliphatic rings. The quantitative estimate of drug-likeness (QED) is 0.319. The third-order valence-corrected chi connectivity index (χ3v) is 1.88. The lowest BCUT2D eigenvalue weighted by atomic mass is 10.1. The molecule has 0 heterocycles. The molecule has 0 aliphatic carbocycles. The van der Waals surface area contributed by atoms with E-state index in [0.29, 0.717) is 0 Å². The summed E-state index contributed by atoms with van der Waals surface area (Å²) in [7, 11) is 0. The molecular weight excluding hydrogens is 162 g/mol. The summed E-state index contributed by atoms with van der Waals surface area (Å²) in [5, 5.41) is 0. The standard InChI is InChI=1S/C10H23N3/c1-2-3-4-5-6-7-8-9-10(11,12)13/h8-9H,2-7,11-13H2,1H3. The molecule has 6 N–H and O–H groups in total. The molecule has 3 heteroatoms. The minimum atomic E-state index is -1.14. The largest absolute Gasteiger partial charge is 0.298 e. The van der Waals surface area contributed by atoms with Gasteiger partial charge in [-0.3, -0.25) is 17.2 Å². The number of unbranched alkanes of at least 4 members (excludes halogenated alkanes) is 5. The van der Waals surface area contributed by atoms with Crippen molar-refractivity contribution in [1.82, 2.24) is 0 Å². The third kappa shape index (κ3) is 11.6. The van der Waals surface area contributed by atoms with E-state index < -0.39 is 5.79 Å². The molecule has 0 atom stereocenters. The van der Waals surface area contributed by atoms with Crippen LogP contribution in [0.2, 0.25) is 0 Å². The van der Waals surface area contributed by atoms with Crippen molar-refractivity contribution in [2.75, 3.05) is 0 Å². The smallest absolute Gasteiger partial charge is 0.135 e. The maximum atomic E-state index is 5.37. The highest BCUT2D eigenvalue weighted by molar-refractivity contribution is 4.96. The fourth-order valence-electron chi connectivity index (χ4n) is 1.15. The molecule has 0 unspecified atom stereocenters. The van der Waals surface area contributed by atoms with E-state index in [1.165, 1.54) is 32.1 Å². The number of hydrogen-bond acceptors (Lipinski definition) is 3. The van der Waals surface area contributed by atoms with Crippen LogP contribution in [0.5, 0.6) is 0 Å². The maximum absolute atomic E-state index is 5.37. The van der Waals surface area contributed by atoms with Crippen LogP contribution in [0.15, 0.2) is 12.2 Å². The zero-order valence-electron chi connectivity index (χ0n) is 8.63. The molecule has 0 saturated carbocycles. The van der Waals surface area contributed by atoms with E-state index in [-0.39, 0.29) is 0 Å². The minimum Gasteiger partial charge on any atom is -0.298 e. The van der Waals surface area contributed by atoms with E-state index in [0.717, 1.165) is 6.42 Å². The van der Waals surface area contributed by atoms with Crippen molar-refractivity contribution >= 4 is 0 Å². The van der Waals surface area contributed by atoms with E-state index in [2.05, 4.69) is 6.92 Å². The number of nitrogens with two attached hydrogens (primary N) is 3. The van der Waals surface area contributed by atoms with Gasteiger partial charge in [0.1, 0.15) is 5.79 Å². The molecule has 0 aromatic carbocycles. The molecule has 3 nitrogen and oxygen atoms in total. The Kier molecular flexibility index (Phi) is 6.86. The highest BCUT2D eigenvalue weighted by Crippen LogP contribution is 2.05. The summed E-state index contributed by atoms with van der Waals surface area (Å²) in [4.78, 5) is 0. The first-order valence-corrected chi connectivity index (χ1v) is 5.10. The summed E-state index contributed by atoms with van der Waals surface area (Å²) < 4.78 is 0. The lowest BCUT2D eigenvalue weighted by molar-refractivity contribution is 0.577. The van der Waals surface area contributed by atoms with Gasteiger partial charge in [-0.05, 0) is 18.9 Å². The normalized spacial score (nSPS) is 12.6. The van der Waals surface area contributed by atoms with Crippen molar-refractivity contribution in [3.05, 3.63) is 12.2 Å². The molecule has 0 fully saturated rings. The van der Waals surface area contributed by atoms with Crippen LogP contribution in [0.4, 0.5) is 0 Å². The number of rotatable bonds is 7. The Hall–Kier alpha value is -0.380. The molecule has 0 amide bonds. The van der Waals surface area contributed by atoms with Gasteiger partial charge in [-0.1, -0.05) is 38.7 Å². The van der Waals surface area contributed by atoms with Gasteiger partial charge in [0.25, 0.3) is 0 Å². The molecule has 0 rings (SSSR count). The molecular formula is C10H23N3. The fraction of sp³-hybridized carbons (Fsp3) is 0.800. The van der Waals surface area contributed by atoms with Crippen LogP contribution in [0, 0.1) is 0 Å². The van der Waals surface area contributed by atoms with Crippen molar-refractivity contribution < 1.29 is 0 Å². The Labute approximate surface area is 81.4 Å². The molecule has 0 aliphatic heterocycles. The SMILES string of the molecule is CCCCCCCC=CC(N)(N)N. The van der Waals surface area contributed by atoms with Gasteiger partial charge in [0.15, 0.2) is 0 Å². The summed E-state index contributed by atoms with van der Waals surface area (Å²) in [6.07, 6.45) is 11.1. The average Bonchev–Trinajstić information content (AvgIpc) is 2.01. The number of hydrogen-bond donors (Lipinski definition) is 3. The van der Waals surface area contributed by atoms with E-state index in [1.807, 2.05) is 6.08 Å². The van der Waals surface area contributed by atoms with Crippen LogP contribution in [0.3, 0.4) is 0 Å². The zero-order valence-corrected chi connectivity index (χ0v) is 8.63. The van der Waals surface area contributed by atoms with Gasteiger partial charge < -0.3 is 0 Å². The Morgan fingerprint density at radius 2 is 1.62 bits per heavy atom. The first kappa shape index (κ1) is 12.6. The second kappa shape index (κ2) is 7.06. The summed E-state index contributed by atoms with van der Waals surface area (Å²) in [5.74, 6) is -1.14. The second-order valence-electron chi connectivity index (χ2n) is 3.61. The first-order chi connectivity index (χ1) is 6.06. The first-order valence-electron chi connectivity index (χ1n) is 5.10. The molecule has 0 radical (unpaired) electrons. The number of allylic oxidation sites excluding steroid dienone is 1. The Balaban J connectivity index is 3.21. The molecule has 0 saturated heterocycles. The van der Waals surface area contributed by atoms with Gasteiger partial charge in [0.05, 0.1) is 0 Å². The molecule has 0 bridgehead atoms. The fourth-order valence-corrected chi connectivity index (χ4v) is 1.15.